The molecule has 4 aromatic rings. The van der Waals surface area contributed by atoms with Crippen LogP contribution in [-0.4, -0.2) is 22.3 Å². The van der Waals surface area contributed by atoms with Crippen LogP contribution in [0.3, 0.4) is 0 Å². The molecule has 0 bridgehead atoms. The van der Waals surface area contributed by atoms with Crippen molar-refractivity contribution in [1.29, 1.82) is 0 Å². The summed E-state index contributed by atoms with van der Waals surface area (Å²) in [5, 5.41) is 11.9. The lowest BCUT2D eigenvalue weighted by Crippen LogP contribution is -2.42. The number of rotatable bonds is 5. The van der Waals surface area contributed by atoms with Crippen molar-refractivity contribution in [3.63, 3.8) is 0 Å². The number of anilines is 1. The summed E-state index contributed by atoms with van der Waals surface area (Å²) in [6.07, 6.45) is 1.27. The van der Waals surface area contributed by atoms with E-state index in [2.05, 4.69) is 53.7 Å². The van der Waals surface area contributed by atoms with Gasteiger partial charge in [-0.05, 0) is 53.5 Å². The van der Waals surface area contributed by atoms with Crippen LogP contribution in [0.5, 0.6) is 0 Å². The van der Waals surface area contributed by atoms with Crippen molar-refractivity contribution in [3.05, 3.63) is 78.4 Å². The lowest BCUT2D eigenvalue weighted by molar-refractivity contribution is 0.250. The highest BCUT2D eigenvalue weighted by molar-refractivity contribution is 5.95. The number of amides is 2. The number of benzene rings is 3. The zero-order valence-electron chi connectivity index (χ0n) is 19.8. The molecule has 0 saturated heterocycles. The molecule has 0 aliphatic carbocycles. The fourth-order valence-corrected chi connectivity index (χ4v) is 3.45. The van der Waals surface area contributed by atoms with Crippen molar-refractivity contribution < 1.29 is 9.32 Å². The second-order valence-electron chi connectivity index (χ2n) is 9.25. The smallest absolute Gasteiger partial charge is 0.320 e. The summed E-state index contributed by atoms with van der Waals surface area (Å²) >= 11 is 0. The molecular formula is C27H29N5O2. The Morgan fingerprint density at radius 1 is 1.03 bits per heavy atom. The highest BCUT2D eigenvalue weighted by atomic mass is 16.5. The Bertz CT molecular complexity index is 1330. The van der Waals surface area contributed by atoms with Crippen LogP contribution in [0, 0.1) is 5.41 Å². The number of carbonyl (C=O) groups excluding carboxylic acids is 1. The normalized spacial score (nSPS) is 13.0. The third-order valence-electron chi connectivity index (χ3n) is 5.76. The van der Waals surface area contributed by atoms with Crippen LogP contribution in [0.4, 0.5) is 10.5 Å². The van der Waals surface area contributed by atoms with Gasteiger partial charge in [0, 0.05) is 16.8 Å². The first-order valence-electron chi connectivity index (χ1n) is 11.1. The minimum atomic E-state index is -0.579. The maximum absolute atomic E-state index is 12.3. The minimum absolute atomic E-state index is 0.00613. The Kier molecular flexibility index (Phi) is 6.47. The number of hydrogen-bond acceptors (Lipinski definition) is 5. The quantitative estimate of drug-likeness (QED) is 0.254. The van der Waals surface area contributed by atoms with Crippen LogP contribution in [-0.2, 0) is 0 Å². The molecule has 34 heavy (non-hydrogen) atoms. The monoisotopic (exact) mass is 455 g/mol. The molecule has 0 spiro atoms. The molecule has 0 fully saturated rings. The highest BCUT2D eigenvalue weighted by Gasteiger charge is 2.15. The lowest BCUT2D eigenvalue weighted by Gasteiger charge is -2.21. The molecule has 4 rings (SSSR count). The molecular weight excluding hydrogens is 426 g/mol. The van der Waals surface area contributed by atoms with E-state index in [1.807, 2.05) is 55.5 Å². The predicted octanol–water partition coefficient (Wildman–Crippen LogP) is 5.96. The van der Waals surface area contributed by atoms with Crippen molar-refractivity contribution in [2.24, 2.45) is 11.1 Å². The number of nitrogens with one attached hydrogen (secondary N) is 2. The fraction of sp³-hybridized carbons (Fsp3) is 0.222. The number of aromatic nitrogens is 2. The lowest BCUT2D eigenvalue weighted by atomic mass is 9.87. The summed E-state index contributed by atoms with van der Waals surface area (Å²) < 4.78 is 5.51. The maximum Gasteiger partial charge on any atom is 0.320 e. The van der Waals surface area contributed by atoms with E-state index in [0.717, 1.165) is 27.5 Å². The number of allylic oxidation sites excluding steroid dienone is 1. The summed E-state index contributed by atoms with van der Waals surface area (Å²) in [5.41, 5.74) is 9.42. The molecule has 4 N–H and O–H groups in total. The summed E-state index contributed by atoms with van der Waals surface area (Å²) in [7, 11) is 0. The van der Waals surface area contributed by atoms with E-state index >= 15 is 0 Å². The third kappa shape index (κ3) is 5.32. The van der Waals surface area contributed by atoms with Gasteiger partial charge in [-0.1, -0.05) is 74.0 Å². The van der Waals surface area contributed by atoms with Gasteiger partial charge in [0.05, 0.1) is 6.17 Å². The molecule has 1 unspecified atom stereocenters. The molecule has 3 aromatic carbocycles. The molecule has 7 nitrogen and oxygen atoms in total. The molecule has 174 valence electrons. The number of hydrogen-bond donors (Lipinski definition) is 3. The first-order chi connectivity index (χ1) is 16.2. The van der Waals surface area contributed by atoms with Crippen molar-refractivity contribution in [2.75, 3.05) is 5.32 Å². The Morgan fingerprint density at radius 2 is 1.74 bits per heavy atom. The first kappa shape index (κ1) is 23.2. The molecule has 7 heteroatoms. The topological polar surface area (TPSA) is 106 Å². The van der Waals surface area contributed by atoms with Gasteiger partial charge in [-0.15, -0.1) is 0 Å². The van der Waals surface area contributed by atoms with Crippen LogP contribution in [0.15, 0.2) is 82.9 Å². The van der Waals surface area contributed by atoms with E-state index < -0.39 is 6.17 Å². The zero-order valence-corrected chi connectivity index (χ0v) is 19.8. The Balaban J connectivity index is 1.43. The predicted molar refractivity (Wildman–Crippen MR) is 136 cm³/mol. The van der Waals surface area contributed by atoms with E-state index in [9.17, 15) is 4.79 Å². The summed E-state index contributed by atoms with van der Waals surface area (Å²) in [6, 6.07) is 20.9. The van der Waals surface area contributed by atoms with Gasteiger partial charge in [-0.3, -0.25) is 0 Å². The van der Waals surface area contributed by atoms with Gasteiger partial charge in [0.15, 0.2) is 0 Å². The second-order valence-corrected chi connectivity index (χ2v) is 9.25. The van der Waals surface area contributed by atoms with Crippen LogP contribution in [0.25, 0.3) is 33.6 Å². The van der Waals surface area contributed by atoms with Gasteiger partial charge in [-0.2, -0.15) is 4.98 Å². The third-order valence-corrected chi connectivity index (χ3v) is 5.76. The summed E-state index contributed by atoms with van der Waals surface area (Å²) in [4.78, 5) is 16.9. The SMILES string of the molecule is C/C(=C\C(N)NC(=O)Nc1ccc(-c2nc(-c3cccc4ccccc34)no2)cc1)C(C)(C)C. The van der Waals surface area contributed by atoms with Crippen LogP contribution < -0.4 is 16.4 Å². The molecule has 0 aliphatic heterocycles. The van der Waals surface area contributed by atoms with Crippen molar-refractivity contribution in [1.82, 2.24) is 15.5 Å². The largest absolute Gasteiger partial charge is 0.334 e. The molecule has 1 atom stereocenters. The van der Waals surface area contributed by atoms with Gasteiger partial charge in [-0.25, -0.2) is 4.79 Å². The Hall–Kier alpha value is -3.97. The van der Waals surface area contributed by atoms with E-state index in [0.29, 0.717) is 17.4 Å². The molecule has 0 aliphatic rings. The zero-order chi connectivity index (χ0) is 24.3. The van der Waals surface area contributed by atoms with E-state index in [1.165, 1.54) is 0 Å². The highest BCUT2D eigenvalue weighted by Crippen LogP contribution is 2.29. The van der Waals surface area contributed by atoms with E-state index in [4.69, 9.17) is 10.3 Å². The second kappa shape index (κ2) is 9.49. The summed E-state index contributed by atoms with van der Waals surface area (Å²) in [6.45, 7) is 8.30. The average Bonchev–Trinajstić information content (AvgIpc) is 3.28. The average molecular weight is 456 g/mol. The van der Waals surface area contributed by atoms with Crippen molar-refractivity contribution in [3.8, 4) is 22.8 Å². The van der Waals surface area contributed by atoms with Crippen LogP contribution >= 0.6 is 0 Å². The Morgan fingerprint density at radius 3 is 2.47 bits per heavy atom. The number of carbonyl (C=O) groups is 1. The van der Waals surface area contributed by atoms with Gasteiger partial charge in [0.1, 0.15) is 0 Å². The summed E-state index contributed by atoms with van der Waals surface area (Å²) in [5.74, 6) is 0.935. The molecule has 2 amide bonds. The van der Waals surface area contributed by atoms with Crippen molar-refractivity contribution >= 4 is 22.5 Å². The number of nitrogens with two attached hydrogens (primary N) is 1. The minimum Gasteiger partial charge on any atom is -0.334 e. The van der Waals surface area contributed by atoms with E-state index in [1.54, 1.807) is 12.1 Å². The Labute approximate surface area is 199 Å². The maximum atomic E-state index is 12.3. The number of urea groups is 1. The van der Waals surface area contributed by atoms with Gasteiger partial charge in [0.2, 0.25) is 5.82 Å². The van der Waals surface area contributed by atoms with Gasteiger partial charge < -0.3 is 20.9 Å². The fourth-order valence-electron chi connectivity index (χ4n) is 3.45. The molecule has 0 saturated carbocycles. The standard InChI is InChI=1S/C27H29N5O2/c1-17(27(2,3)4)16-23(28)30-26(33)29-20-14-12-19(13-15-20)25-31-24(32-34-25)22-11-7-9-18-8-5-6-10-21(18)22/h5-16,23H,28H2,1-4H3,(H2,29,30,33)/b17-16+. The van der Waals surface area contributed by atoms with E-state index in [-0.39, 0.29) is 11.4 Å². The molecule has 1 aromatic heterocycles. The molecule has 1 heterocycles. The number of nitrogens with zero attached hydrogens (tertiary/aromatic N) is 2. The first-order valence-corrected chi connectivity index (χ1v) is 11.1. The van der Waals surface area contributed by atoms with Gasteiger partial charge in [0.25, 0.3) is 5.89 Å². The molecule has 0 radical (unpaired) electrons. The van der Waals surface area contributed by atoms with Crippen LogP contribution in [0.2, 0.25) is 0 Å². The number of fused-ring (bicyclic) bond motifs is 1. The van der Waals surface area contributed by atoms with Crippen molar-refractivity contribution in [2.45, 2.75) is 33.9 Å². The van der Waals surface area contributed by atoms with Gasteiger partial charge >= 0.3 is 6.03 Å². The van der Waals surface area contributed by atoms with Crippen LogP contribution in [0.1, 0.15) is 27.7 Å².